The molecule has 3 rings (SSSR count). The lowest BCUT2D eigenvalue weighted by atomic mass is 10.1. The highest BCUT2D eigenvalue weighted by molar-refractivity contribution is 6.06. The predicted molar refractivity (Wildman–Crippen MR) is 83.3 cm³/mol. The van der Waals surface area contributed by atoms with Gasteiger partial charge in [-0.05, 0) is 30.5 Å². The van der Waals surface area contributed by atoms with Crippen LogP contribution in [-0.2, 0) is 16.0 Å². The zero-order valence-electron chi connectivity index (χ0n) is 12.5. The van der Waals surface area contributed by atoms with Crippen molar-refractivity contribution in [3.05, 3.63) is 41.6 Å². The van der Waals surface area contributed by atoms with E-state index >= 15 is 0 Å². The summed E-state index contributed by atoms with van der Waals surface area (Å²) in [6.07, 6.45) is 4.01. The van der Waals surface area contributed by atoms with Crippen molar-refractivity contribution in [2.24, 2.45) is 0 Å². The maximum Gasteiger partial charge on any atom is 0.274 e. The van der Waals surface area contributed by atoms with Crippen LogP contribution in [0.2, 0.25) is 0 Å². The first kappa shape index (κ1) is 14.1. The molecule has 1 amide bonds. The van der Waals surface area contributed by atoms with E-state index in [2.05, 4.69) is 42.2 Å². The third-order valence-corrected chi connectivity index (χ3v) is 4.16. The van der Waals surface area contributed by atoms with Crippen LogP contribution in [0.4, 0.5) is 5.69 Å². The van der Waals surface area contributed by atoms with Crippen molar-refractivity contribution in [1.29, 1.82) is 0 Å². The molecule has 0 spiro atoms. The number of rotatable bonds is 3. The van der Waals surface area contributed by atoms with E-state index in [0.29, 0.717) is 13.2 Å². The molecule has 0 saturated carbocycles. The molecule has 1 saturated heterocycles. The van der Waals surface area contributed by atoms with E-state index in [4.69, 9.17) is 4.74 Å². The Morgan fingerprint density at radius 2 is 1.81 bits per heavy atom. The second kappa shape index (κ2) is 6.31. The number of ether oxygens (including phenoxy) is 1. The van der Waals surface area contributed by atoms with Crippen molar-refractivity contribution in [3.8, 4) is 0 Å². The topological polar surface area (TPSA) is 32.8 Å². The van der Waals surface area contributed by atoms with Gasteiger partial charge in [0.05, 0.1) is 18.9 Å². The molecule has 112 valence electrons. The van der Waals surface area contributed by atoms with Gasteiger partial charge in [0.2, 0.25) is 0 Å². The van der Waals surface area contributed by atoms with Gasteiger partial charge in [-0.15, -0.1) is 0 Å². The smallest absolute Gasteiger partial charge is 0.274 e. The fourth-order valence-corrected chi connectivity index (χ4v) is 2.88. The summed E-state index contributed by atoms with van der Waals surface area (Å²) in [5, 5.41) is 0. The lowest BCUT2D eigenvalue weighted by Gasteiger charge is -2.35. The molecule has 0 radical (unpaired) electrons. The number of benzene rings is 1. The quantitative estimate of drug-likeness (QED) is 0.854. The fraction of sp³-hybridized carbons (Fsp3) is 0.471. The Labute approximate surface area is 126 Å². The third kappa shape index (κ3) is 2.95. The van der Waals surface area contributed by atoms with Gasteiger partial charge in [-0.25, -0.2) is 0 Å². The number of amides is 1. The molecule has 4 heteroatoms. The second-order valence-electron chi connectivity index (χ2n) is 5.45. The molecule has 2 aliphatic rings. The highest BCUT2D eigenvalue weighted by atomic mass is 16.5. The zero-order valence-corrected chi connectivity index (χ0v) is 12.5. The molecule has 1 fully saturated rings. The minimum Gasteiger partial charge on any atom is -0.378 e. The maximum atomic E-state index is 12.8. The van der Waals surface area contributed by atoms with Gasteiger partial charge in [0.15, 0.2) is 0 Å². The lowest BCUT2D eigenvalue weighted by molar-refractivity contribution is -0.117. The molecule has 0 N–H and O–H groups in total. The van der Waals surface area contributed by atoms with E-state index in [1.54, 1.807) is 0 Å². The summed E-state index contributed by atoms with van der Waals surface area (Å²) in [5.74, 6) is 0.118. The van der Waals surface area contributed by atoms with Crippen LogP contribution in [0.25, 0.3) is 0 Å². The van der Waals surface area contributed by atoms with Crippen LogP contribution in [-0.4, -0.2) is 43.7 Å². The largest absolute Gasteiger partial charge is 0.378 e. The Bertz CT molecular complexity index is 530. The number of carbonyl (C=O) groups is 1. The number of hydrogen-bond acceptors (Lipinski definition) is 3. The van der Waals surface area contributed by atoms with Crippen LogP contribution >= 0.6 is 0 Å². The molecule has 1 aromatic carbocycles. The Balaban J connectivity index is 1.78. The van der Waals surface area contributed by atoms with Gasteiger partial charge in [0.1, 0.15) is 0 Å². The average Bonchev–Trinajstić information content (AvgIpc) is 2.56. The summed E-state index contributed by atoms with van der Waals surface area (Å²) in [6.45, 7) is 5.92. The van der Waals surface area contributed by atoms with Crippen LogP contribution in [0, 0.1) is 0 Å². The normalized spacial score (nSPS) is 19.7. The van der Waals surface area contributed by atoms with E-state index in [0.717, 1.165) is 43.9 Å². The molecule has 2 heterocycles. The fourth-order valence-electron chi connectivity index (χ4n) is 2.88. The summed E-state index contributed by atoms with van der Waals surface area (Å²) in [7, 11) is 0. The number of hydrogen-bond donors (Lipinski definition) is 0. The monoisotopic (exact) mass is 286 g/mol. The Hall–Kier alpha value is -1.81. The van der Waals surface area contributed by atoms with Crippen molar-refractivity contribution in [2.45, 2.75) is 19.8 Å². The highest BCUT2D eigenvalue weighted by Gasteiger charge is 2.28. The molecule has 0 aromatic heterocycles. The highest BCUT2D eigenvalue weighted by Crippen LogP contribution is 2.24. The molecule has 1 aromatic rings. The molecule has 0 atom stereocenters. The zero-order chi connectivity index (χ0) is 14.7. The molecule has 0 aliphatic carbocycles. The summed E-state index contributed by atoms with van der Waals surface area (Å²) in [4.78, 5) is 16.8. The first-order chi connectivity index (χ1) is 10.3. The van der Waals surface area contributed by atoms with Gasteiger partial charge in [-0.3, -0.25) is 4.79 Å². The summed E-state index contributed by atoms with van der Waals surface area (Å²) >= 11 is 0. The number of morpholine rings is 1. The molecule has 21 heavy (non-hydrogen) atoms. The average molecular weight is 286 g/mol. The van der Waals surface area contributed by atoms with E-state index < -0.39 is 0 Å². The van der Waals surface area contributed by atoms with Gasteiger partial charge in [0, 0.05) is 25.3 Å². The van der Waals surface area contributed by atoms with Crippen LogP contribution < -0.4 is 4.90 Å². The Kier molecular flexibility index (Phi) is 4.25. The summed E-state index contributed by atoms with van der Waals surface area (Å²) < 4.78 is 5.37. The summed E-state index contributed by atoms with van der Waals surface area (Å²) in [5.41, 5.74) is 3.13. The molecular weight excluding hydrogens is 264 g/mol. The molecule has 0 bridgehead atoms. The standard InChI is InChI=1S/C17H22N2O2/c1-2-14-5-7-15(8-6-14)19-9-3-4-16(17(19)20)18-10-12-21-13-11-18/h4-8H,2-3,9-13H2,1H3. The van der Waals surface area contributed by atoms with Crippen molar-refractivity contribution >= 4 is 11.6 Å². The lowest BCUT2D eigenvalue weighted by Crippen LogP contribution is -2.45. The Morgan fingerprint density at radius 1 is 1.10 bits per heavy atom. The Morgan fingerprint density at radius 3 is 2.48 bits per heavy atom. The SMILES string of the molecule is CCc1ccc(N2CCC=C(N3CCOCC3)C2=O)cc1. The molecular formula is C17H22N2O2. The van der Waals surface area contributed by atoms with E-state index in [-0.39, 0.29) is 5.91 Å². The van der Waals surface area contributed by atoms with Gasteiger partial charge in [-0.1, -0.05) is 25.1 Å². The summed E-state index contributed by atoms with van der Waals surface area (Å²) in [6, 6.07) is 8.32. The number of nitrogens with zero attached hydrogens (tertiary/aromatic N) is 2. The van der Waals surface area contributed by atoms with Crippen molar-refractivity contribution in [1.82, 2.24) is 4.90 Å². The maximum absolute atomic E-state index is 12.8. The molecule has 0 unspecified atom stereocenters. The van der Waals surface area contributed by atoms with Gasteiger partial charge in [0.25, 0.3) is 5.91 Å². The van der Waals surface area contributed by atoms with Crippen molar-refractivity contribution in [2.75, 3.05) is 37.7 Å². The molecule has 2 aliphatic heterocycles. The first-order valence-corrected chi connectivity index (χ1v) is 7.73. The van der Waals surface area contributed by atoms with Crippen LogP contribution in [0.3, 0.4) is 0 Å². The van der Waals surface area contributed by atoms with Crippen LogP contribution in [0.5, 0.6) is 0 Å². The van der Waals surface area contributed by atoms with Crippen LogP contribution in [0.1, 0.15) is 18.9 Å². The minimum atomic E-state index is 0.118. The first-order valence-electron chi connectivity index (χ1n) is 7.73. The van der Waals surface area contributed by atoms with Crippen molar-refractivity contribution in [3.63, 3.8) is 0 Å². The van der Waals surface area contributed by atoms with E-state index in [9.17, 15) is 4.79 Å². The van der Waals surface area contributed by atoms with Gasteiger partial charge >= 0.3 is 0 Å². The number of aryl methyl sites for hydroxylation is 1. The second-order valence-corrected chi connectivity index (χ2v) is 5.45. The van der Waals surface area contributed by atoms with Gasteiger partial charge in [-0.2, -0.15) is 0 Å². The van der Waals surface area contributed by atoms with E-state index in [1.165, 1.54) is 5.56 Å². The predicted octanol–water partition coefficient (Wildman–Crippen LogP) is 2.20. The van der Waals surface area contributed by atoms with Gasteiger partial charge < -0.3 is 14.5 Å². The molecule has 4 nitrogen and oxygen atoms in total. The van der Waals surface area contributed by atoms with Crippen molar-refractivity contribution < 1.29 is 9.53 Å². The van der Waals surface area contributed by atoms with E-state index in [1.807, 2.05) is 4.90 Å². The van der Waals surface area contributed by atoms with Crippen LogP contribution in [0.15, 0.2) is 36.0 Å². The third-order valence-electron chi connectivity index (χ3n) is 4.16. The number of carbonyl (C=O) groups excluding carboxylic acids is 1. The number of anilines is 1. The minimum absolute atomic E-state index is 0.118.